The van der Waals surface area contributed by atoms with E-state index in [1.807, 2.05) is 25.1 Å². The van der Waals surface area contributed by atoms with Crippen LogP contribution in [0.15, 0.2) is 71.6 Å². The molecule has 2 aliphatic rings. The topological polar surface area (TPSA) is 86.6 Å². The van der Waals surface area contributed by atoms with Crippen molar-refractivity contribution in [2.24, 2.45) is 0 Å². The number of nitrogens with zero attached hydrogens (tertiary/aromatic N) is 4. The average molecular weight is 453 g/mol. The summed E-state index contributed by atoms with van der Waals surface area (Å²) < 4.78 is 29.6. The standard InChI is InChI=1S/C17H20N4.C7H8O3S/c1-20-14-7-8-15(20)12-21(11-14)17-10-9-16(18-19-17)13-5-3-2-4-6-13;1-6-2-4-7(5-3-6)11(8,9)10/h2-6,9-10,14-15H,7-8,11-12H2,1H3;2-5H,1H3,(H,8,9,10). The number of likely N-dealkylation sites (N-methyl/N-ethyl adjacent to an activating group) is 1. The highest BCUT2D eigenvalue weighted by Crippen LogP contribution is 2.30. The molecule has 2 aliphatic heterocycles. The van der Waals surface area contributed by atoms with Gasteiger partial charge in [-0.05, 0) is 51.1 Å². The van der Waals surface area contributed by atoms with Gasteiger partial charge < -0.3 is 4.90 Å². The maximum atomic E-state index is 10.5. The number of fused-ring (bicyclic) bond motifs is 2. The fourth-order valence-corrected chi connectivity index (χ4v) is 4.75. The van der Waals surface area contributed by atoms with Crippen molar-refractivity contribution >= 4 is 15.9 Å². The minimum Gasteiger partial charge on any atom is -0.352 e. The maximum absolute atomic E-state index is 10.5. The lowest BCUT2D eigenvalue weighted by Gasteiger charge is -2.39. The van der Waals surface area contributed by atoms with Crippen molar-refractivity contribution in [3.8, 4) is 11.3 Å². The van der Waals surface area contributed by atoms with Gasteiger partial charge in [0.1, 0.15) is 0 Å². The van der Waals surface area contributed by atoms with Gasteiger partial charge in [0.05, 0.1) is 10.6 Å². The number of hydrogen-bond donors (Lipinski definition) is 1. The lowest BCUT2D eigenvalue weighted by atomic mass is 10.1. The first-order valence-corrected chi connectivity index (χ1v) is 12.2. The van der Waals surface area contributed by atoms with Gasteiger partial charge in [-0.1, -0.05) is 48.0 Å². The molecule has 0 aliphatic carbocycles. The summed E-state index contributed by atoms with van der Waals surface area (Å²) in [5.41, 5.74) is 3.02. The minimum atomic E-state index is -4.02. The van der Waals surface area contributed by atoms with Crippen molar-refractivity contribution in [3.05, 3.63) is 72.3 Å². The molecule has 2 fully saturated rings. The van der Waals surface area contributed by atoms with E-state index >= 15 is 0 Å². The van der Waals surface area contributed by atoms with E-state index in [1.165, 1.54) is 25.0 Å². The molecule has 7 nitrogen and oxygen atoms in total. The van der Waals surface area contributed by atoms with E-state index in [1.54, 1.807) is 12.1 Å². The van der Waals surface area contributed by atoms with Gasteiger partial charge in [0.2, 0.25) is 0 Å². The van der Waals surface area contributed by atoms with Gasteiger partial charge in [0.25, 0.3) is 10.1 Å². The molecule has 3 heterocycles. The van der Waals surface area contributed by atoms with Crippen molar-refractivity contribution in [3.63, 3.8) is 0 Å². The van der Waals surface area contributed by atoms with Crippen LogP contribution in [0.25, 0.3) is 11.3 Å². The zero-order valence-electron chi connectivity index (χ0n) is 18.3. The smallest absolute Gasteiger partial charge is 0.294 e. The molecule has 1 aromatic heterocycles. The molecular weight excluding hydrogens is 424 g/mol. The van der Waals surface area contributed by atoms with Gasteiger partial charge >= 0.3 is 0 Å². The van der Waals surface area contributed by atoms with Crippen molar-refractivity contribution < 1.29 is 13.0 Å². The van der Waals surface area contributed by atoms with Gasteiger partial charge in [0, 0.05) is 30.7 Å². The van der Waals surface area contributed by atoms with Gasteiger partial charge in [0.15, 0.2) is 5.82 Å². The third kappa shape index (κ3) is 5.15. The molecule has 168 valence electrons. The van der Waals surface area contributed by atoms with Gasteiger partial charge in [-0.2, -0.15) is 8.42 Å². The first-order chi connectivity index (χ1) is 15.3. The number of aryl methyl sites for hydroxylation is 1. The summed E-state index contributed by atoms with van der Waals surface area (Å²) in [6, 6.07) is 21.8. The predicted octanol–water partition coefficient (Wildman–Crippen LogP) is 3.67. The summed E-state index contributed by atoms with van der Waals surface area (Å²) in [6.07, 6.45) is 2.63. The number of anilines is 1. The second-order valence-corrected chi connectivity index (χ2v) is 9.81. The van der Waals surface area contributed by atoms with Crippen LogP contribution in [0, 0.1) is 6.92 Å². The van der Waals surface area contributed by atoms with Crippen LogP contribution in [0.3, 0.4) is 0 Å². The van der Waals surface area contributed by atoms with E-state index in [9.17, 15) is 8.42 Å². The third-order valence-corrected chi connectivity index (χ3v) is 7.08. The molecule has 8 heteroatoms. The van der Waals surface area contributed by atoms with Crippen molar-refractivity contribution in [2.45, 2.75) is 36.7 Å². The molecule has 0 radical (unpaired) electrons. The van der Waals surface area contributed by atoms with Crippen LogP contribution in [0.2, 0.25) is 0 Å². The Morgan fingerprint density at radius 1 is 0.875 bits per heavy atom. The fourth-order valence-electron chi connectivity index (χ4n) is 4.27. The van der Waals surface area contributed by atoms with E-state index in [-0.39, 0.29) is 4.90 Å². The van der Waals surface area contributed by atoms with Crippen molar-refractivity contribution in [1.82, 2.24) is 15.1 Å². The highest BCUT2D eigenvalue weighted by atomic mass is 32.2. The Balaban J connectivity index is 0.000000189. The van der Waals surface area contributed by atoms with E-state index in [4.69, 9.17) is 4.55 Å². The lowest BCUT2D eigenvalue weighted by molar-refractivity contribution is 0.211. The number of rotatable bonds is 3. The van der Waals surface area contributed by atoms with Crippen LogP contribution >= 0.6 is 0 Å². The van der Waals surface area contributed by atoms with Crippen LogP contribution in [-0.4, -0.2) is 60.3 Å². The molecule has 0 amide bonds. The zero-order chi connectivity index (χ0) is 22.7. The summed E-state index contributed by atoms with van der Waals surface area (Å²) in [6.45, 7) is 3.99. The Bertz CT molecular complexity index is 1120. The first kappa shape index (κ1) is 22.4. The monoisotopic (exact) mass is 452 g/mol. The Hall–Kier alpha value is -2.81. The third-order valence-electron chi connectivity index (χ3n) is 6.21. The molecule has 32 heavy (non-hydrogen) atoms. The molecule has 2 saturated heterocycles. The van der Waals surface area contributed by atoms with E-state index in [0.717, 1.165) is 35.7 Å². The second-order valence-electron chi connectivity index (χ2n) is 8.39. The number of benzene rings is 2. The Labute approximate surface area is 189 Å². The summed E-state index contributed by atoms with van der Waals surface area (Å²) in [5.74, 6) is 1.01. The minimum absolute atomic E-state index is 0.0666. The van der Waals surface area contributed by atoms with E-state index in [0.29, 0.717) is 12.1 Å². The summed E-state index contributed by atoms with van der Waals surface area (Å²) in [7, 11) is -1.77. The quantitative estimate of drug-likeness (QED) is 0.607. The summed E-state index contributed by atoms with van der Waals surface area (Å²) >= 11 is 0. The molecule has 0 saturated carbocycles. The molecule has 2 unspecified atom stereocenters. The number of aromatic nitrogens is 2. The maximum Gasteiger partial charge on any atom is 0.294 e. The van der Waals surface area contributed by atoms with Crippen molar-refractivity contribution in [2.75, 3.05) is 25.0 Å². The first-order valence-electron chi connectivity index (χ1n) is 10.7. The zero-order valence-corrected chi connectivity index (χ0v) is 19.1. The van der Waals surface area contributed by atoms with Gasteiger partial charge in [-0.3, -0.25) is 9.45 Å². The number of piperazine rings is 1. The van der Waals surface area contributed by atoms with Gasteiger partial charge in [-0.15, -0.1) is 10.2 Å². The predicted molar refractivity (Wildman–Crippen MR) is 125 cm³/mol. The largest absolute Gasteiger partial charge is 0.352 e. The molecule has 2 aromatic carbocycles. The van der Waals surface area contributed by atoms with Crippen LogP contribution in [0.1, 0.15) is 18.4 Å². The van der Waals surface area contributed by atoms with Gasteiger partial charge in [-0.25, -0.2) is 0 Å². The number of hydrogen-bond acceptors (Lipinski definition) is 6. The van der Waals surface area contributed by atoms with Crippen molar-refractivity contribution in [1.29, 1.82) is 0 Å². The van der Waals surface area contributed by atoms with Crippen LogP contribution in [0.4, 0.5) is 5.82 Å². The highest BCUT2D eigenvalue weighted by Gasteiger charge is 2.37. The Morgan fingerprint density at radius 3 is 2.03 bits per heavy atom. The van der Waals surface area contributed by atoms with E-state index in [2.05, 4.69) is 51.3 Å². The highest BCUT2D eigenvalue weighted by molar-refractivity contribution is 7.85. The molecule has 2 atom stereocenters. The molecular formula is C24H28N4O3S. The molecule has 3 aromatic rings. The SMILES string of the molecule is CN1C2CCC1CN(c1ccc(-c3ccccc3)nn1)C2.Cc1ccc(S(=O)(=O)O)cc1. The summed E-state index contributed by atoms with van der Waals surface area (Å²) in [5, 5.41) is 8.87. The lowest BCUT2D eigenvalue weighted by Crippen LogP contribution is -2.52. The van der Waals surface area contributed by atoms with Crippen LogP contribution < -0.4 is 4.90 Å². The fraction of sp³-hybridized carbons (Fsp3) is 0.333. The molecule has 2 bridgehead atoms. The summed E-state index contributed by atoms with van der Waals surface area (Å²) in [4.78, 5) is 4.86. The Morgan fingerprint density at radius 2 is 1.50 bits per heavy atom. The molecule has 5 rings (SSSR count). The second kappa shape index (κ2) is 9.36. The Kier molecular flexibility index (Phi) is 6.55. The van der Waals surface area contributed by atoms with E-state index < -0.39 is 10.1 Å². The van der Waals surface area contributed by atoms with Crippen LogP contribution in [-0.2, 0) is 10.1 Å². The molecule has 1 N–H and O–H groups in total. The molecule has 0 spiro atoms. The average Bonchev–Trinajstić information content (AvgIpc) is 3.00. The van der Waals surface area contributed by atoms with Crippen LogP contribution in [0.5, 0.6) is 0 Å². The normalized spacial score (nSPS) is 20.5.